The van der Waals surface area contributed by atoms with Gasteiger partial charge in [0, 0.05) is 18.2 Å². The summed E-state index contributed by atoms with van der Waals surface area (Å²) in [5.41, 5.74) is 0.264. The lowest BCUT2D eigenvalue weighted by Gasteiger charge is -2.16. The number of ether oxygens (including phenoxy) is 1. The lowest BCUT2D eigenvalue weighted by atomic mass is 10.2. The molecular weight excluding hydrogens is 416 g/mol. The van der Waals surface area contributed by atoms with Gasteiger partial charge in [0.25, 0.3) is 5.56 Å². The summed E-state index contributed by atoms with van der Waals surface area (Å²) < 4.78 is 7.21. The van der Waals surface area contributed by atoms with Crippen LogP contribution in [0.1, 0.15) is 26.2 Å². The van der Waals surface area contributed by atoms with Gasteiger partial charge >= 0.3 is 6.03 Å². The third kappa shape index (κ3) is 5.71. The van der Waals surface area contributed by atoms with E-state index in [-0.39, 0.29) is 17.4 Å². The zero-order valence-corrected chi connectivity index (χ0v) is 17.6. The van der Waals surface area contributed by atoms with Crippen molar-refractivity contribution in [2.75, 3.05) is 18.9 Å². The molecule has 3 rings (SSSR count). The zero-order chi connectivity index (χ0) is 20.8. The second kappa shape index (κ2) is 10.1. The molecule has 1 saturated heterocycles. The fourth-order valence-corrected chi connectivity index (χ4v) is 3.99. The molecule has 1 atom stereocenters. The first-order chi connectivity index (χ1) is 14.0. The molecule has 1 aliphatic rings. The van der Waals surface area contributed by atoms with Crippen LogP contribution in [0.3, 0.4) is 0 Å². The quantitative estimate of drug-likeness (QED) is 0.508. The van der Waals surface area contributed by atoms with Gasteiger partial charge in [-0.25, -0.2) is 9.78 Å². The number of aromatic nitrogens is 2. The molecule has 156 valence electrons. The standard InChI is InChI=1S/C19H23ClN4O4S/c1-2-7-21-18(27)23-16(25)11-29-19-22-15-9-12(20)5-6-14(15)17(26)24(19)10-13-4-3-8-28-13/h5-6,9,13H,2-4,7-8,10-11H2,1H3,(H2,21,23,25,27). The number of nitrogens with zero attached hydrogens (tertiary/aromatic N) is 2. The number of fused-ring (bicyclic) bond motifs is 1. The van der Waals surface area contributed by atoms with Gasteiger partial charge in [-0.05, 0) is 37.5 Å². The van der Waals surface area contributed by atoms with Crippen LogP contribution in [0.15, 0.2) is 28.2 Å². The smallest absolute Gasteiger partial charge is 0.321 e. The van der Waals surface area contributed by atoms with Crippen molar-refractivity contribution in [2.24, 2.45) is 0 Å². The number of carbonyl (C=O) groups excluding carboxylic acids is 2. The normalized spacial score (nSPS) is 16.1. The van der Waals surface area contributed by atoms with Crippen molar-refractivity contribution in [2.45, 2.75) is 44.0 Å². The number of hydrogen-bond acceptors (Lipinski definition) is 6. The summed E-state index contributed by atoms with van der Waals surface area (Å²) in [6, 6.07) is 4.39. The van der Waals surface area contributed by atoms with Gasteiger partial charge in [-0.15, -0.1) is 0 Å². The Kier molecular flexibility index (Phi) is 7.51. The van der Waals surface area contributed by atoms with E-state index in [9.17, 15) is 14.4 Å². The van der Waals surface area contributed by atoms with Crippen molar-refractivity contribution in [1.29, 1.82) is 0 Å². The number of benzene rings is 1. The Labute approximate surface area is 177 Å². The van der Waals surface area contributed by atoms with Crippen molar-refractivity contribution < 1.29 is 14.3 Å². The van der Waals surface area contributed by atoms with E-state index in [0.29, 0.717) is 40.8 Å². The molecule has 3 amide bonds. The Morgan fingerprint density at radius 2 is 2.24 bits per heavy atom. The number of hydrogen-bond donors (Lipinski definition) is 2. The van der Waals surface area contributed by atoms with Crippen molar-refractivity contribution in [3.05, 3.63) is 33.6 Å². The van der Waals surface area contributed by atoms with Crippen molar-refractivity contribution in [1.82, 2.24) is 20.2 Å². The maximum atomic E-state index is 13.0. The topological polar surface area (TPSA) is 102 Å². The first kappa shape index (κ1) is 21.6. The Bertz CT molecular complexity index is 959. The molecule has 0 bridgehead atoms. The maximum absolute atomic E-state index is 13.0. The zero-order valence-electron chi connectivity index (χ0n) is 16.1. The molecule has 0 spiro atoms. The van der Waals surface area contributed by atoms with E-state index in [1.54, 1.807) is 22.8 Å². The maximum Gasteiger partial charge on any atom is 0.321 e. The highest BCUT2D eigenvalue weighted by Gasteiger charge is 2.21. The minimum Gasteiger partial charge on any atom is -0.376 e. The Morgan fingerprint density at radius 1 is 1.41 bits per heavy atom. The summed E-state index contributed by atoms with van der Waals surface area (Å²) in [6.07, 6.45) is 2.53. The number of carbonyl (C=O) groups is 2. The summed E-state index contributed by atoms with van der Waals surface area (Å²) >= 11 is 7.14. The highest BCUT2D eigenvalue weighted by Crippen LogP contribution is 2.22. The van der Waals surface area contributed by atoms with Crippen molar-refractivity contribution >= 4 is 46.2 Å². The number of thioether (sulfide) groups is 1. The average Bonchev–Trinajstić information content (AvgIpc) is 3.20. The summed E-state index contributed by atoms with van der Waals surface area (Å²) in [4.78, 5) is 41.3. The van der Waals surface area contributed by atoms with Crippen LogP contribution < -0.4 is 16.2 Å². The van der Waals surface area contributed by atoms with E-state index in [4.69, 9.17) is 16.3 Å². The highest BCUT2D eigenvalue weighted by atomic mass is 35.5. The molecule has 29 heavy (non-hydrogen) atoms. The summed E-state index contributed by atoms with van der Waals surface area (Å²) in [7, 11) is 0. The molecule has 8 nitrogen and oxygen atoms in total. The lowest BCUT2D eigenvalue weighted by Crippen LogP contribution is -2.40. The summed E-state index contributed by atoms with van der Waals surface area (Å²) in [5.74, 6) is -0.517. The van der Waals surface area contributed by atoms with Crippen LogP contribution in [0.5, 0.6) is 0 Å². The van der Waals surface area contributed by atoms with Gasteiger partial charge in [-0.1, -0.05) is 30.3 Å². The predicted octanol–water partition coefficient (Wildman–Crippen LogP) is 2.56. The Balaban J connectivity index is 1.81. The molecule has 1 fully saturated rings. The van der Waals surface area contributed by atoms with Gasteiger partial charge in [-0.2, -0.15) is 0 Å². The SMILES string of the molecule is CCCNC(=O)NC(=O)CSc1nc2cc(Cl)ccc2c(=O)n1CC1CCCO1. The molecule has 10 heteroatoms. The van der Waals surface area contributed by atoms with E-state index >= 15 is 0 Å². The third-order valence-electron chi connectivity index (χ3n) is 4.41. The number of halogens is 1. The van der Waals surface area contributed by atoms with E-state index in [0.717, 1.165) is 31.0 Å². The molecule has 1 aromatic heterocycles. The largest absolute Gasteiger partial charge is 0.376 e. The van der Waals surface area contributed by atoms with Crippen LogP contribution in [0.25, 0.3) is 10.9 Å². The second-order valence-electron chi connectivity index (χ2n) is 6.70. The molecule has 0 saturated carbocycles. The van der Waals surface area contributed by atoms with Gasteiger partial charge in [0.2, 0.25) is 5.91 Å². The van der Waals surface area contributed by atoms with Gasteiger partial charge in [0.1, 0.15) is 0 Å². The van der Waals surface area contributed by atoms with Gasteiger partial charge in [0.15, 0.2) is 5.16 Å². The Morgan fingerprint density at radius 3 is 2.97 bits per heavy atom. The van der Waals surface area contributed by atoms with E-state index in [1.807, 2.05) is 6.92 Å². The van der Waals surface area contributed by atoms with Gasteiger partial charge < -0.3 is 10.1 Å². The fourth-order valence-electron chi connectivity index (χ4n) is 3.01. The van der Waals surface area contributed by atoms with Crippen LogP contribution in [-0.4, -0.2) is 46.5 Å². The molecule has 0 radical (unpaired) electrons. The van der Waals surface area contributed by atoms with Crippen LogP contribution in [0, 0.1) is 0 Å². The summed E-state index contributed by atoms with van der Waals surface area (Å²) in [5, 5.41) is 6.17. The van der Waals surface area contributed by atoms with E-state index < -0.39 is 11.9 Å². The third-order valence-corrected chi connectivity index (χ3v) is 5.62. The average molecular weight is 439 g/mol. The van der Waals surface area contributed by atoms with E-state index in [2.05, 4.69) is 15.6 Å². The summed E-state index contributed by atoms with van der Waals surface area (Å²) in [6.45, 7) is 3.45. The lowest BCUT2D eigenvalue weighted by molar-refractivity contribution is -0.117. The monoisotopic (exact) mass is 438 g/mol. The molecular formula is C19H23ClN4O4S. The molecule has 2 N–H and O–H groups in total. The molecule has 1 aromatic carbocycles. The first-order valence-corrected chi connectivity index (χ1v) is 10.9. The van der Waals surface area contributed by atoms with Crippen LogP contribution >= 0.6 is 23.4 Å². The molecule has 0 aliphatic carbocycles. The number of rotatable bonds is 7. The number of urea groups is 1. The minimum atomic E-state index is -0.535. The Hall–Kier alpha value is -2.10. The van der Waals surface area contributed by atoms with E-state index in [1.165, 1.54) is 0 Å². The first-order valence-electron chi connectivity index (χ1n) is 9.50. The van der Waals surface area contributed by atoms with Crippen LogP contribution in [-0.2, 0) is 16.1 Å². The van der Waals surface area contributed by atoms with Gasteiger partial charge in [-0.3, -0.25) is 19.5 Å². The molecule has 1 unspecified atom stereocenters. The minimum absolute atomic E-state index is 0.0520. The molecule has 2 heterocycles. The van der Waals surface area contributed by atoms with Crippen molar-refractivity contribution in [3.8, 4) is 0 Å². The van der Waals surface area contributed by atoms with Gasteiger partial charge in [0.05, 0.1) is 29.3 Å². The fraction of sp³-hybridized carbons (Fsp3) is 0.474. The molecule has 1 aliphatic heterocycles. The van der Waals surface area contributed by atoms with Crippen molar-refractivity contribution in [3.63, 3.8) is 0 Å². The number of amides is 3. The molecule has 2 aromatic rings. The second-order valence-corrected chi connectivity index (χ2v) is 8.08. The van der Waals surface area contributed by atoms with Crippen LogP contribution in [0.2, 0.25) is 5.02 Å². The highest BCUT2D eigenvalue weighted by molar-refractivity contribution is 7.99. The number of nitrogens with one attached hydrogen (secondary N) is 2. The predicted molar refractivity (Wildman–Crippen MR) is 113 cm³/mol. The van der Waals surface area contributed by atoms with Crippen LogP contribution in [0.4, 0.5) is 4.79 Å². The number of imide groups is 1.